The van der Waals surface area contributed by atoms with Crippen LogP contribution in [0.3, 0.4) is 0 Å². The quantitative estimate of drug-likeness (QED) is 0.876. The summed E-state index contributed by atoms with van der Waals surface area (Å²) in [5, 5.41) is 0. The molecule has 1 aromatic carbocycles. The lowest BCUT2D eigenvalue weighted by Gasteiger charge is -2.04. The second kappa shape index (κ2) is 3.86. The van der Waals surface area contributed by atoms with Crippen LogP contribution in [0.5, 0.6) is 0 Å². The van der Waals surface area contributed by atoms with E-state index < -0.39 is 11.6 Å². The average Bonchev–Trinajstić information content (AvgIpc) is 2.47. The molecule has 0 unspecified atom stereocenters. The van der Waals surface area contributed by atoms with E-state index in [1.54, 1.807) is 11.6 Å². The summed E-state index contributed by atoms with van der Waals surface area (Å²) in [5.74, 6) is -1.48. The van der Waals surface area contributed by atoms with Crippen LogP contribution in [0.25, 0.3) is 11.3 Å². The van der Waals surface area contributed by atoms with Crippen LogP contribution in [-0.4, -0.2) is 9.55 Å². The zero-order valence-electron chi connectivity index (χ0n) is 8.34. The Morgan fingerprint density at radius 2 is 2.00 bits per heavy atom. The predicted molar refractivity (Wildman–Crippen MR) is 60.7 cm³/mol. The molecule has 0 radical (unpaired) electrons. The monoisotopic (exact) mass is 287 g/mol. The Balaban J connectivity index is 2.63. The Kier molecular flexibility index (Phi) is 2.67. The summed E-state index contributed by atoms with van der Waals surface area (Å²) in [7, 11) is 1.70. The highest BCUT2D eigenvalue weighted by Gasteiger charge is 2.14. The van der Waals surface area contributed by atoms with Gasteiger partial charge in [0.2, 0.25) is 5.95 Å². The van der Waals surface area contributed by atoms with Gasteiger partial charge in [-0.25, -0.2) is 13.8 Å². The van der Waals surface area contributed by atoms with Gasteiger partial charge in [0.05, 0.1) is 5.69 Å². The van der Waals surface area contributed by atoms with Crippen molar-refractivity contribution in [2.45, 2.75) is 0 Å². The number of halogens is 3. The van der Waals surface area contributed by atoms with Crippen molar-refractivity contribution in [3.05, 3.63) is 34.4 Å². The van der Waals surface area contributed by atoms with Gasteiger partial charge in [-0.1, -0.05) is 0 Å². The number of nitrogen functional groups attached to an aromatic ring is 1. The summed E-state index contributed by atoms with van der Waals surface area (Å²) >= 11 is 3.22. The van der Waals surface area contributed by atoms with Gasteiger partial charge in [0.1, 0.15) is 4.60 Å². The molecule has 3 nitrogen and oxygen atoms in total. The van der Waals surface area contributed by atoms with Crippen molar-refractivity contribution >= 4 is 21.9 Å². The van der Waals surface area contributed by atoms with Crippen LogP contribution in [0.1, 0.15) is 0 Å². The van der Waals surface area contributed by atoms with Gasteiger partial charge in [0, 0.05) is 12.6 Å². The average molecular weight is 288 g/mol. The van der Waals surface area contributed by atoms with Gasteiger partial charge < -0.3 is 10.3 Å². The molecule has 2 aromatic rings. The molecule has 0 amide bonds. The van der Waals surface area contributed by atoms with Crippen LogP contribution in [0.2, 0.25) is 0 Å². The number of nitrogens with zero attached hydrogens (tertiary/aromatic N) is 2. The third kappa shape index (κ3) is 1.69. The molecule has 6 heteroatoms. The number of imidazole rings is 1. The number of anilines is 1. The molecule has 0 saturated heterocycles. The van der Waals surface area contributed by atoms with Gasteiger partial charge in [0.25, 0.3) is 0 Å². The minimum absolute atomic E-state index is 0.298. The topological polar surface area (TPSA) is 43.8 Å². The maximum absolute atomic E-state index is 13.1. The lowest BCUT2D eigenvalue weighted by molar-refractivity contribution is 0.509. The molecule has 1 heterocycles. The minimum Gasteiger partial charge on any atom is -0.369 e. The second-order valence-corrected chi connectivity index (χ2v) is 4.05. The summed E-state index contributed by atoms with van der Waals surface area (Å²) in [4.78, 5) is 3.98. The molecule has 0 atom stereocenters. The van der Waals surface area contributed by atoms with Crippen molar-refractivity contribution in [3.63, 3.8) is 0 Å². The zero-order chi connectivity index (χ0) is 11.9. The van der Waals surface area contributed by atoms with E-state index >= 15 is 0 Å². The number of rotatable bonds is 1. The van der Waals surface area contributed by atoms with Crippen molar-refractivity contribution in [2.24, 2.45) is 7.05 Å². The predicted octanol–water partition coefficient (Wildman–Crippen LogP) is 2.71. The third-order valence-corrected chi connectivity index (χ3v) is 2.83. The minimum atomic E-state index is -0.899. The normalized spacial score (nSPS) is 10.8. The Morgan fingerprint density at radius 1 is 1.31 bits per heavy atom. The molecule has 0 spiro atoms. The highest BCUT2D eigenvalue weighted by Crippen LogP contribution is 2.30. The van der Waals surface area contributed by atoms with Crippen molar-refractivity contribution in [2.75, 3.05) is 5.73 Å². The van der Waals surface area contributed by atoms with Gasteiger partial charge in [-0.2, -0.15) is 0 Å². The molecule has 0 aliphatic carbocycles. The van der Waals surface area contributed by atoms with Gasteiger partial charge in [-0.15, -0.1) is 0 Å². The standard InChI is InChI=1S/C10H8BrF2N3/c1-16-8(9(11)15-10(16)14)5-2-3-6(12)7(13)4-5/h2-4H,1H3,(H2,14,15). The third-order valence-electron chi connectivity index (χ3n) is 2.28. The fourth-order valence-corrected chi connectivity index (χ4v) is 2.11. The van der Waals surface area contributed by atoms with Gasteiger partial charge in [-0.3, -0.25) is 0 Å². The summed E-state index contributed by atoms with van der Waals surface area (Å²) < 4.78 is 28.0. The second-order valence-electron chi connectivity index (χ2n) is 3.30. The van der Waals surface area contributed by atoms with E-state index in [2.05, 4.69) is 20.9 Å². The molecule has 0 aliphatic heterocycles. The number of benzene rings is 1. The molecule has 16 heavy (non-hydrogen) atoms. The number of nitrogens with two attached hydrogens (primary N) is 1. The Hall–Kier alpha value is -1.43. The summed E-state index contributed by atoms with van der Waals surface area (Å²) in [6, 6.07) is 3.65. The molecule has 0 fully saturated rings. The fraction of sp³-hybridized carbons (Fsp3) is 0.100. The van der Waals surface area contributed by atoms with E-state index in [9.17, 15) is 8.78 Å². The van der Waals surface area contributed by atoms with E-state index in [0.29, 0.717) is 21.8 Å². The van der Waals surface area contributed by atoms with Crippen molar-refractivity contribution in [1.29, 1.82) is 0 Å². The van der Waals surface area contributed by atoms with Crippen molar-refractivity contribution < 1.29 is 8.78 Å². The van der Waals surface area contributed by atoms with Crippen LogP contribution >= 0.6 is 15.9 Å². The smallest absolute Gasteiger partial charge is 0.201 e. The SMILES string of the molecule is Cn1c(N)nc(Br)c1-c1ccc(F)c(F)c1. The molecule has 84 valence electrons. The van der Waals surface area contributed by atoms with Crippen LogP contribution in [0.4, 0.5) is 14.7 Å². The molecule has 0 bridgehead atoms. The molecule has 0 saturated carbocycles. The summed E-state index contributed by atoms with van der Waals surface area (Å²) in [6.45, 7) is 0. The maximum Gasteiger partial charge on any atom is 0.201 e. The largest absolute Gasteiger partial charge is 0.369 e. The van der Waals surface area contributed by atoms with Crippen molar-refractivity contribution in [1.82, 2.24) is 9.55 Å². The van der Waals surface area contributed by atoms with Gasteiger partial charge >= 0.3 is 0 Å². The Labute approximate surface area is 99.0 Å². The van der Waals surface area contributed by atoms with Crippen LogP contribution in [-0.2, 0) is 7.05 Å². The Morgan fingerprint density at radius 3 is 2.50 bits per heavy atom. The molecule has 2 N–H and O–H groups in total. The van der Waals surface area contributed by atoms with Crippen molar-refractivity contribution in [3.8, 4) is 11.3 Å². The highest BCUT2D eigenvalue weighted by molar-refractivity contribution is 9.10. The first-order valence-corrected chi connectivity index (χ1v) is 5.23. The van der Waals surface area contributed by atoms with E-state index in [1.807, 2.05) is 0 Å². The first-order valence-electron chi connectivity index (χ1n) is 4.44. The summed E-state index contributed by atoms with van der Waals surface area (Å²) in [6.07, 6.45) is 0. The first kappa shape index (κ1) is 11.1. The number of hydrogen-bond acceptors (Lipinski definition) is 2. The lowest BCUT2D eigenvalue weighted by atomic mass is 10.1. The van der Waals surface area contributed by atoms with Crippen LogP contribution < -0.4 is 5.73 Å². The first-order chi connectivity index (χ1) is 7.50. The molecule has 2 rings (SSSR count). The number of hydrogen-bond donors (Lipinski definition) is 1. The van der Waals surface area contributed by atoms with E-state index in [-0.39, 0.29) is 0 Å². The van der Waals surface area contributed by atoms with Crippen LogP contribution in [0, 0.1) is 11.6 Å². The van der Waals surface area contributed by atoms with Gasteiger partial charge in [0.15, 0.2) is 11.6 Å². The van der Waals surface area contributed by atoms with E-state index in [0.717, 1.165) is 12.1 Å². The number of aromatic nitrogens is 2. The van der Waals surface area contributed by atoms with Gasteiger partial charge in [-0.05, 0) is 34.1 Å². The lowest BCUT2D eigenvalue weighted by Crippen LogP contribution is -1.99. The fourth-order valence-electron chi connectivity index (χ4n) is 1.44. The van der Waals surface area contributed by atoms with E-state index in [1.165, 1.54) is 6.07 Å². The molecular formula is C10H8BrF2N3. The summed E-state index contributed by atoms with van der Waals surface area (Å²) in [5.41, 5.74) is 6.72. The molecule has 0 aliphatic rings. The van der Waals surface area contributed by atoms with E-state index in [4.69, 9.17) is 5.73 Å². The Bertz CT molecular complexity index is 551. The molecule has 1 aromatic heterocycles. The highest BCUT2D eigenvalue weighted by atomic mass is 79.9. The molecular weight excluding hydrogens is 280 g/mol. The zero-order valence-corrected chi connectivity index (χ0v) is 9.92. The maximum atomic E-state index is 13.1. The van der Waals surface area contributed by atoms with Crippen LogP contribution in [0.15, 0.2) is 22.8 Å².